The van der Waals surface area contributed by atoms with Crippen LogP contribution in [0.1, 0.15) is 0 Å². The largest absolute Gasteiger partial charge is 0.443 e. The molecule has 0 bridgehead atoms. The molecule has 0 spiro atoms. The minimum atomic E-state index is -2.47. The molecule has 4 rings (SSSR count). The molecule has 0 amide bonds. The maximum absolute atomic E-state index is 12.6. The molecule has 4 aromatic rings. The van der Waals surface area contributed by atoms with Crippen LogP contribution in [-0.2, 0) is 4.57 Å². The Morgan fingerprint density at radius 3 is 2.71 bits per heavy atom. The average Bonchev–Trinajstić information content (AvgIpc) is 3.12. The van der Waals surface area contributed by atoms with Crippen LogP contribution in [0.5, 0.6) is 0 Å². The third-order valence-corrected chi connectivity index (χ3v) is 5.89. The van der Waals surface area contributed by atoms with Crippen molar-refractivity contribution in [3.8, 4) is 0 Å². The summed E-state index contributed by atoms with van der Waals surface area (Å²) in [5.74, 6) is 0.783. The van der Waals surface area contributed by atoms with Crippen LogP contribution in [0.3, 0.4) is 0 Å². The molecule has 0 unspecified atom stereocenters. The van der Waals surface area contributed by atoms with Crippen molar-refractivity contribution in [2.75, 3.05) is 24.0 Å². The van der Waals surface area contributed by atoms with Gasteiger partial charge in [0.1, 0.15) is 17.7 Å². The van der Waals surface area contributed by atoms with E-state index in [1.807, 2.05) is 42.5 Å². The highest BCUT2D eigenvalue weighted by atomic mass is 35.5. The number of nitrogens with one attached hydrogen (secondary N) is 2. The predicted octanol–water partition coefficient (Wildman–Crippen LogP) is 5.01. The molecule has 0 aliphatic carbocycles. The molecule has 0 aliphatic heterocycles. The van der Waals surface area contributed by atoms with Gasteiger partial charge in [0.15, 0.2) is 17.8 Å². The molecule has 0 radical (unpaired) electrons. The van der Waals surface area contributed by atoms with Gasteiger partial charge in [-0.25, -0.2) is 9.97 Å². The highest BCUT2D eigenvalue weighted by molar-refractivity contribution is 7.70. The van der Waals surface area contributed by atoms with Crippen LogP contribution in [0.4, 0.5) is 23.1 Å². The number of rotatable bonds is 5. The fourth-order valence-electron chi connectivity index (χ4n) is 2.76. The minimum Gasteiger partial charge on any atom is -0.443 e. The van der Waals surface area contributed by atoms with Gasteiger partial charge in [-0.15, -0.1) is 0 Å². The van der Waals surface area contributed by atoms with Crippen LogP contribution >= 0.6 is 18.7 Å². The van der Waals surface area contributed by atoms with Crippen molar-refractivity contribution in [1.29, 1.82) is 0 Å². The highest BCUT2D eigenvalue weighted by Crippen LogP contribution is 2.38. The van der Waals surface area contributed by atoms with E-state index >= 15 is 0 Å². The average molecular weight is 414 g/mol. The number of benzene rings is 2. The van der Waals surface area contributed by atoms with E-state index in [9.17, 15) is 4.57 Å². The lowest BCUT2D eigenvalue weighted by Crippen LogP contribution is -2.10. The Labute approximate surface area is 166 Å². The summed E-state index contributed by atoms with van der Waals surface area (Å²) < 4.78 is 17.8. The van der Waals surface area contributed by atoms with Crippen molar-refractivity contribution < 1.29 is 8.98 Å². The van der Waals surface area contributed by atoms with Gasteiger partial charge in [-0.1, -0.05) is 23.7 Å². The molecule has 0 saturated heterocycles. The van der Waals surface area contributed by atoms with Crippen LogP contribution in [0.2, 0.25) is 5.02 Å². The van der Waals surface area contributed by atoms with E-state index in [2.05, 4.69) is 25.6 Å². The predicted molar refractivity (Wildman–Crippen MR) is 113 cm³/mol. The van der Waals surface area contributed by atoms with Gasteiger partial charge in [0.25, 0.3) is 0 Å². The standard InChI is InChI=1S/C19H17ClN5O2P/c1-28(2,26)17-6-4-3-5-14(17)24-18-13(20)10-21-19(25-18)23-12-7-8-16-15(9-12)22-11-27-16/h3-11H,1-2H3,(H2,21,23,24,25). The van der Waals surface area contributed by atoms with Crippen molar-refractivity contribution in [2.24, 2.45) is 0 Å². The first-order chi connectivity index (χ1) is 13.4. The number of fused-ring (bicyclic) bond motifs is 1. The third kappa shape index (κ3) is 3.86. The monoisotopic (exact) mass is 413 g/mol. The maximum atomic E-state index is 12.6. The van der Waals surface area contributed by atoms with Crippen LogP contribution in [0.25, 0.3) is 11.1 Å². The van der Waals surface area contributed by atoms with E-state index in [4.69, 9.17) is 16.0 Å². The number of aromatic nitrogens is 3. The molecule has 7 nitrogen and oxygen atoms in total. The number of nitrogens with zero attached hydrogens (tertiary/aromatic N) is 3. The Morgan fingerprint density at radius 2 is 1.89 bits per heavy atom. The van der Waals surface area contributed by atoms with Crippen molar-refractivity contribution in [1.82, 2.24) is 15.0 Å². The molecule has 0 aliphatic rings. The van der Waals surface area contributed by atoms with E-state index in [-0.39, 0.29) is 0 Å². The van der Waals surface area contributed by atoms with Gasteiger partial charge in [0, 0.05) is 11.0 Å². The Hall–Kier alpha value is -2.89. The first-order valence-electron chi connectivity index (χ1n) is 8.44. The fourth-order valence-corrected chi connectivity index (χ4v) is 4.05. The third-order valence-electron chi connectivity index (χ3n) is 4.07. The summed E-state index contributed by atoms with van der Waals surface area (Å²) in [6.45, 7) is 3.45. The van der Waals surface area contributed by atoms with E-state index in [1.165, 1.54) is 12.6 Å². The van der Waals surface area contributed by atoms with Gasteiger partial charge in [0.2, 0.25) is 5.95 Å². The van der Waals surface area contributed by atoms with Crippen LogP contribution in [0, 0.1) is 0 Å². The van der Waals surface area contributed by atoms with Gasteiger partial charge in [-0.3, -0.25) is 0 Å². The Balaban J connectivity index is 1.64. The second kappa shape index (κ2) is 7.26. The highest BCUT2D eigenvalue weighted by Gasteiger charge is 2.17. The second-order valence-electron chi connectivity index (χ2n) is 6.54. The summed E-state index contributed by atoms with van der Waals surface area (Å²) in [4.78, 5) is 12.8. The summed E-state index contributed by atoms with van der Waals surface area (Å²) in [6.07, 6.45) is 2.90. The Kier molecular flexibility index (Phi) is 4.79. The summed E-state index contributed by atoms with van der Waals surface area (Å²) >= 11 is 6.27. The molecule has 28 heavy (non-hydrogen) atoms. The van der Waals surface area contributed by atoms with Gasteiger partial charge in [-0.2, -0.15) is 4.98 Å². The molecule has 2 heterocycles. The van der Waals surface area contributed by atoms with Crippen LogP contribution in [-0.4, -0.2) is 28.3 Å². The maximum Gasteiger partial charge on any atom is 0.229 e. The van der Waals surface area contributed by atoms with Gasteiger partial charge >= 0.3 is 0 Å². The lowest BCUT2D eigenvalue weighted by atomic mass is 10.3. The van der Waals surface area contributed by atoms with Crippen LogP contribution < -0.4 is 15.9 Å². The van der Waals surface area contributed by atoms with E-state index < -0.39 is 7.14 Å². The van der Waals surface area contributed by atoms with Crippen molar-refractivity contribution in [3.63, 3.8) is 0 Å². The lowest BCUT2D eigenvalue weighted by molar-refractivity contribution is 0.588. The molecule has 0 saturated carbocycles. The van der Waals surface area contributed by atoms with E-state index in [0.29, 0.717) is 28.1 Å². The summed E-state index contributed by atoms with van der Waals surface area (Å²) in [7, 11) is -2.47. The van der Waals surface area contributed by atoms with Crippen molar-refractivity contribution in [3.05, 3.63) is 60.1 Å². The second-order valence-corrected chi connectivity index (χ2v) is 10.1. The Bertz CT molecular complexity index is 1200. The van der Waals surface area contributed by atoms with E-state index in [0.717, 1.165) is 16.5 Å². The summed E-state index contributed by atoms with van der Waals surface area (Å²) in [6, 6.07) is 12.9. The summed E-state index contributed by atoms with van der Waals surface area (Å²) in [5, 5.41) is 7.39. The van der Waals surface area contributed by atoms with E-state index in [1.54, 1.807) is 13.3 Å². The smallest absolute Gasteiger partial charge is 0.229 e. The number of hydrogen-bond acceptors (Lipinski definition) is 7. The first kappa shape index (κ1) is 18.5. The topological polar surface area (TPSA) is 92.9 Å². The Morgan fingerprint density at radius 1 is 1.07 bits per heavy atom. The van der Waals surface area contributed by atoms with Gasteiger partial charge < -0.3 is 19.6 Å². The molecule has 0 fully saturated rings. The molecule has 2 N–H and O–H groups in total. The molecular formula is C19H17ClN5O2P. The molecular weight excluding hydrogens is 397 g/mol. The fraction of sp³-hybridized carbons (Fsp3) is 0.105. The number of anilines is 4. The molecule has 2 aromatic carbocycles. The number of para-hydroxylation sites is 1. The summed E-state index contributed by atoms with van der Waals surface area (Å²) in [5.41, 5.74) is 2.89. The number of oxazole rings is 1. The normalized spacial score (nSPS) is 11.5. The molecule has 9 heteroatoms. The zero-order valence-electron chi connectivity index (χ0n) is 15.2. The zero-order valence-corrected chi connectivity index (χ0v) is 16.8. The SMILES string of the molecule is CP(C)(=O)c1ccccc1Nc1nc(Nc2ccc3ocnc3c2)ncc1Cl. The van der Waals surface area contributed by atoms with Gasteiger partial charge in [-0.05, 0) is 43.7 Å². The molecule has 142 valence electrons. The molecule has 2 aromatic heterocycles. The lowest BCUT2D eigenvalue weighted by Gasteiger charge is -2.15. The number of halogens is 1. The number of hydrogen-bond donors (Lipinski definition) is 2. The molecule has 0 atom stereocenters. The van der Waals surface area contributed by atoms with Crippen molar-refractivity contribution >= 4 is 58.3 Å². The van der Waals surface area contributed by atoms with Crippen LogP contribution in [0.15, 0.2) is 59.5 Å². The first-order valence-corrected chi connectivity index (χ1v) is 11.4. The van der Waals surface area contributed by atoms with Gasteiger partial charge in [0.05, 0.1) is 11.9 Å². The minimum absolute atomic E-state index is 0.356. The zero-order chi connectivity index (χ0) is 19.7. The quantitative estimate of drug-likeness (QED) is 0.444. The van der Waals surface area contributed by atoms with Crippen molar-refractivity contribution in [2.45, 2.75) is 0 Å².